The van der Waals surface area contributed by atoms with Crippen molar-refractivity contribution in [2.75, 3.05) is 46.9 Å². The summed E-state index contributed by atoms with van der Waals surface area (Å²) in [6.07, 6.45) is 8.10. The van der Waals surface area contributed by atoms with Crippen LogP contribution in [0.1, 0.15) is 34.9 Å². The number of piperidine rings is 1. The summed E-state index contributed by atoms with van der Waals surface area (Å²) in [6.45, 7) is 2.99. The first-order valence-electron chi connectivity index (χ1n) is 9.92. The molecule has 2 heterocycles. The first-order valence-corrected chi connectivity index (χ1v) is 9.92. The number of nitrogens with zero attached hydrogens (tertiary/aromatic N) is 5. The summed E-state index contributed by atoms with van der Waals surface area (Å²) < 4.78 is 6.99. The van der Waals surface area contributed by atoms with Crippen molar-refractivity contribution in [2.45, 2.75) is 18.9 Å². The molecule has 1 aromatic carbocycles. The maximum Gasteiger partial charge on any atom is 0.275 e. The number of aliphatic hydroxyl groups excluding tert-OH is 1. The van der Waals surface area contributed by atoms with Crippen LogP contribution in [-0.4, -0.2) is 82.8 Å². The van der Waals surface area contributed by atoms with E-state index in [2.05, 4.69) is 27.4 Å². The van der Waals surface area contributed by atoms with Crippen LogP contribution in [-0.2, 0) is 0 Å². The summed E-state index contributed by atoms with van der Waals surface area (Å²) >= 11 is 0. The number of aliphatic hydroxyl groups is 1. The number of carbonyl (C=O) groups excluding carboxylic acids is 1. The Bertz CT molecular complexity index is 818. The van der Waals surface area contributed by atoms with Gasteiger partial charge < -0.3 is 14.7 Å². The number of likely N-dealkylation sites (tertiary alicyclic amines) is 1. The number of hydrogen-bond acceptors (Lipinski definition) is 6. The zero-order valence-electron chi connectivity index (χ0n) is 17.1. The Kier molecular flexibility index (Phi) is 7.37. The fourth-order valence-corrected chi connectivity index (χ4v) is 3.47. The minimum atomic E-state index is -0.222. The number of benzene rings is 1. The molecule has 1 saturated heterocycles. The van der Waals surface area contributed by atoms with Crippen LogP contribution in [0.3, 0.4) is 0 Å². The second-order valence-electron chi connectivity index (χ2n) is 7.27. The highest BCUT2D eigenvalue weighted by Gasteiger charge is 2.23. The highest BCUT2D eigenvalue weighted by atomic mass is 16.5. The lowest BCUT2D eigenvalue weighted by atomic mass is 10.1. The Balaban J connectivity index is 1.55. The number of hydrogen-bond donors (Lipinski definition) is 1. The smallest absolute Gasteiger partial charge is 0.275 e. The normalized spacial score (nSPS) is 17.6. The van der Waals surface area contributed by atoms with Crippen LogP contribution in [0.25, 0.3) is 6.08 Å². The summed E-state index contributed by atoms with van der Waals surface area (Å²) in [5, 5.41) is 17.2. The summed E-state index contributed by atoms with van der Waals surface area (Å²) in [7, 11) is 3.31. The van der Waals surface area contributed by atoms with Crippen molar-refractivity contribution in [3.63, 3.8) is 0 Å². The molecule has 1 fully saturated rings. The lowest BCUT2D eigenvalue weighted by Gasteiger charge is -2.31. The molecule has 1 N–H and O–H groups in total. The van der Waals surface area contributed by atoms with Gasteiger partial charge in [0.1, 0.15) is 5.75 Å². The molecule has 1 aromatic heterocycles. The van der Waals surface area contributed by atoms with Gasteiger partial charge in [-0.15, -0.1) is 5.10 Å². The van der Waals surface area contributed by atoms with Gasteiger partial charge in [0.05, 0.1) is 26.0 Å². The Hall–Kier alpha value is -2.71. The van der Waals surface area contributed by atoms with E-state index in [0.29, 0.717) is 5.69 Å². The van der Waals surface area contributed by atoms with Gasteiger partial charge in [-0.2, -0.15) is 0 Å². The summed E-state index contributed by atoms with van der Waals surface area (Å²) in [5.41, 5.74) is 1.46. The van der Waals surface area contributed by atoms with Gasteiger partial charge in [-0.1, -0.05) is 29.5 Å². The molecule has 1 aliphatic rings. The standard InChI is InChI=1S/C21H29N5O3/c1-24(13-14-27)21(28)20-16-26(23-22-20)18-6-4-12-25(15-18)11-3-5-17-7-9-19(29-2)10-8-17/h3,5,7-10,16,18,27H,4,6,11-15H2,1-2H3/b5-3+/t18-/m1/s1. The minimum absolute atomic E-state index is 0.0714. The third kappa shape index (κ3) is 5.65. The lowest BCUT2D eigenvalue weighted by molar-refractivity contribution is 0.0761. The Morgan fingerprint density at radius 2 is 2.17 bits per heavy atom. The largest absolute Gasteiger partial charge is 0.497 e. The average Bonchev–Trinajstić information content (AvgIpc) is 3.24. The molecule has 0 bridgehead atoms. The highest BCUT2D eigenvalue weighted by Crippen LogP contribution is 2.21. The SMILES string of the molecule is COc1ccc(/C=C/CN2CCC[C@@H](n3cc(C(=O)N(C)CCO)nn3)C2)cc1. The van der Waals surface area contributed by atoms with Gasteiger partial charge >= 0.3 is 0 Å². The summed E-state index contributed by atoms with van der Waals surface area (Å²) in [4.78, 5) is 16.1. The molecular weight excluding hydrogens is 370 g/mol. The van der Waals surface area contributed by atoms with Crippen molar-refractivity contribution >= 4 is 12.0 Å². The van der Waals surface area contributed by atoms with E-state index in [9.17, 15) is 4.79 Å². The Morgan fingerprint density at radius 1 is 1.38 bits per heavy atom. The average molecular weight is 399 g/mol. The van der Waals surface area contributed by atoms with E-state index in [-0.39, 0.29) is 25.1 Å². The van der Waals surface area contributed by atoms with Gasteiger partial charge in [0, 0.05) is 26.7 Å². The molecule has 1 amide bonds. The second-order valence-corrected chi connectivity index (χ2v) is 7.27. The van der Waals surface area contributed by atoms with Crippen LogP contribution in [0.5, 0.6) is 5.75 Å². The van der Waals surface area contributed by atoms with Crippen LogP contribution in [0.15, 0.2) is 36.5 Å². The molecule has 0 aliphatic carbocycles. The van der Waals surface area contributed by atoms with Crippen LogP contribution < -0.4 is 4.74 Å². The van der Waals surface area contributed by atoms with Gasteiger partial charge in [-0.3, -0.25) is 9.69 Å². The number of aromatic nitrogens is 3. The quantitative estimate of drug-likeness (QED) is 0.727. The topological polar surface area (TPSA) is 83.7 Å². The fraction of sp³-hybridized carbons (Fsp3) is 0.476. The molecule has 3 rings (SSSR count). The van der Waals surface area contributed by atoms with Crippen molar-refractivity contribution in [3.05, 3.63) is 47.8 Å². The number of carbonyl (C=O) groups is 1. The second kappa shape index (κ2) is 10.2. The first-order chi connectivity index (χ1) is 14.1. The van der Waals surface area contributed by atoms with Crippen molar-refractivity contribution < 1.29 is 14.6 Å². The minimum Gasteiger partial charge on any atom is -0.497 e. The van der Waals surface area contributed by atoms with Crippen molar-refractivity contribution in [2.24, 2.45) is 0 Å². The molecular formula is C21H29N5O3. The number of ether oxygens (including phenoxy) is 1. The predicted octanol–water partition coefficient (Wildman–Crippen LogP) is 1.70. The molecule has 1 atom stereocenters. The number of amides is 1. The molecule has 1 aliphatic heterocycles. The Morgan fingerprint density at radius 3 is 2.90 bits per heavy atom. The zero-order chi connectivity index (χ0) is 20.6. The van der Waals surface area contributed by atoms with E-state index < -0.39 is 0 Å². The van der Waals surface area contributed by atoms with E-state index in [1.165, 1.54) is 4.90 Å². The molecule has 156 valence electrons. The molecule has 0 saturated carbocycles. The molecule has 2 aromatic rings. The molecule has 29 heavy (non-hydrogen) atoms. The number of rotatable bonds is 8. The van der Waals surface area contributed by atoms with E-state index >= 15 is 0 Å². The van der Waals surface area contributed by atoms with Gasteiger partial charge in [0.15, 0.2) is 5.69 Å². The Labute approximate surface area is 171 Å². The molecule has 8 nitrogen and oxygen atoms in total. The van der Waals surface area contributed by atoms with E-state index in [1.807, 2.05) is 24.3 Å². The van der Waals surface area contributed by atoms with Crippen molar-refractivity contribution in [1.82, 2.24) is 24.8 Å². The van der Waals surface area contributed by atoms with Crippen LogP contribution >= 0.6 is 0 Å². The number of likely N-dealkylation sites (N-methyl/N-ethyl adjacent to an activating group) is 1. The fourth-order valence-electron chi connectivity index (χ4n) is 3.47. The molecule has 8 heteroatoms. The highest BCUT2D eigenvalue weighted by molar-refractivity contribution is 5.91. The van der Waals surface area contributed by atoms with Crippen LogP contribution in [0, 0.1) is 0 Å². The summed E-state index contributed by atoms with van der Waals surface area (Å²) in [6, 6.07) is 8.19. The third-order valence-corrected chi connectivity index (χ3v) is 5.16. The zero-order valence-corrected chi connectivity index (χ0v) is 17.1. The maximum atomic E-state index is 12.3. The maximum absolute atomic E-state index is 12.3. The van der Waals surface area contributed by atoms with Crippen LogP contribution in [0.4, 0.5) is 0 Å². The van der Waals surface area contributed by atoms with Crippen molar-refractivity contribution in [3.8, 4) is 5.75 Å². The summed E-state index contributed by atoms with van der Waals surface area (Å²) in [5.74, 6) is 0.634. The predicted molar refractivity (Wildman–Crippen MR) is 111 cm³/mol. The number of methoxy groups -OCH3 is 1. The van der Waals surface area contributed by atoms with Crippen LogP contribution in [0.2, 0.25) is 0 Å². The lowest BCUT2D eigenvalue weighted by Crippen LogP contribution is -2.36. The first kappa shape index (κ1) is 21.0. The van der Waals surface area contributed by atoms with Gasteiger partial charge in [-0.05, 0) is 37.1 Å². The van der Waals surface area contributed by atoms with E-state index in [4.69, 9.17) is 9.84 Å². The van der Waals surface area contributed by atoms with Gasteiger partial charge in [0.2, 0.25) is 0 Å². The van der Waals surface area contributed by atoms with E-state index in [1.54, 1.807) is 25.0 Å². The van der Waals surface area contributed by atoms with Gasteiger partial charge in [0.25, 0.3) is 5.91 Å². The molecule has 0 radical (unpaired) electrons. The monoisotopic (exact) mass is 399 g/mol. The molecule has 0 unspecified atom stereocenters. The third-order valence-electron chi connectivity index (χ3n) is 5.16. The van der Waals surface area contributed by atoms with Crippen molar-refractivity contribution in [1.29, 1.82) is 0 Å². The van der Waals surface area contributed by atoms with Gasteiger partial charge in [-0.25, -0.2) is 4.68 Å². The molecule has 0 spiro atoms. The van der Waals surface area contributed by atoms with E-state index in [0.717, 1.165) is 43.8 Å².